The summed E-state index contributed by atoms with van der Waals surface area (Å²) in [6.07, 6.45) is 6.71. The second-order valence-electron chi connectivity index (χ2n) is 6.55. The lowest BCUT2D eigenvalue weighted by atomic mass is 10.2. The minimum atomic E-state index is 0.112. The van der Waals surface area contributed by atoms with Crippen LogP contribution in [0.4, 0.5) is 0 Å². The average Bonchev–Trinajstić information content (AvgIpc) is 2.93. The van der Waals surface area contributed by atoms with Gasteiger partial charge in [-0.2, -0.15) is 0 Å². The molecular weight excluding hydrogens is 340 g/mol. The Morgan fingerprint density at radius 3 is 2.50 bits per heavy atom. The molecule has 0 radical (unpaired) electrons. The molecule has 0 spiro atoms. The molecule has 0 N–H and O–H groups in total. The van der Waals surface area contributed by atoms with Crippen LogP contribution in [0.15, 0.2) is 65.6 Å². The number of benzene rings is 2. The van der Waals surface area contributed by atoms with Crippen LogP contribution in [0.5, 0.6) is 0 Å². The second-order valence-corrected chi connectivity index (χ2v) is 7.43. The number of carbonyl (C=O) groups is 1. The molecule has 26 heavy (non-hydrogen) atoms. The highest BCUT2D eigenvalue weighted by Gasteiger charge is 2.17. The van der Waals surface area contributed by atoms with E-state index in [0.29, 0.717) is 0 Å². The minimum Gasteiger partial charge on any atom is -0.338 e. The standard InChI is InChI=1S/C22H26N2OS/c1-26-21-11-8-19(9-12-21)10-13-22(25)24-15-5-14-23(16-17-24)18-20-6-3-2-4-7-20/h2-4,6-13H,5,14-18H2,1H3/b13-10+. The quantitative estimate of drug-likeness (QED) is 0.586. The number of amides is 1. The first-order valence-electron chi connectivity index (χ1n) is 9.12. The molecule has 3 nitrogen and oxygen atoms in total. The van der Waals surface area contributed by atoms with Gasteiger partial charge in [0.15, 0.2) is 0 Å². The van der Waals surface area contributed by atoms with E-state index in [0.717, 1.165) is 44.7 Å². The molecule has 0 bridgehead atoms. The Kier molecular flexibility index (Phi) is 6.92. The van der Waals surface area contributed by atoms with Gasteiger partial charge in [-0.15, -0.1) is 11.8 Å². The van der Waals surface area contributed by atoms with Crippen LogP contribution in [0.1, 0.15) is 17.5 Å². The molecular formula is C22H26N2OS. The van der Waals surface area contributed by atoms with Crippen molar-refractivity contribution in [1.82, 2.24) is 9.80 Å². The number of hydrogen-bond donors (Lipinski definition) is 0. The molecule has 0 aromatic heterocycles. The van der Waals surface area contributed by atoms with E-state index in [1.54, 1.807) is 17.8 Å². The molecule has 0 saturated carbocycles. The highest BCUT2D eigenvalue weighted by atomic mass is 32.2. The van der Waals surface area contributed by atoms with Crippen LogP contribution < -0.4 is 0 Å². The monoisotopic (exact) mass is 366 g/mol. The SMILES string of the molecule is CSc1ccc(/C=C/C(=O)N2CCCN(Cc3ccccc3)CC2)cc1. The number of rotatable bonds is 5. The molecule has 2 aromatic rings. The fraction of sp³-hybridized carbons (Fsp3) is 0.318. The Hall–Kier alpha value is -2.04. The summed E-state index contributed by atoms with van der Waals surface area (Å²) in [6.45, 7) is 4.55. The van der Waals surface area contributed by atoms with Crippen LogP contribution in [0.2, 0.25) is 0 Å². The number of nitrogens with zero attached hydrogens (tertiary/aromatic N) is 2. The van der Waals surface area contributed by atoms with E-state index in [2.05, 4.69) is 59.7 Å². The van der Waals surface area contributed by atoms with Gasteiger partial charge in [-0.1, -0.05) is 42.5 Å². The molecule has 1 aliphatic heterocycles. The van der Waals surface area contributed by atoms with Crippen LogP contribution in [0.25, 0.3) is 6.08 Å². The zero-order chi connectivity index (χ0) is 18.2. The van der Waals surface area contributed by atoms with Gasteiger partial charge in [0.2, 0.25) is 5.91 Å². The predicted octanol–water partition coefficient (Wildman–Crippen LogP) is 4.16. The van der Waals surface area contributed by atoms with Crippen molar-refractivity contribution in [2.45, 2.75) is 17.9 Å². The molecule has 0 atom stereocenters. The van der Waals surface area contributed by atoms with Gasteiger partial charge >= 0.3 is 0 Å². The van der Waals surface area contributed by atoms with Crippen molar-refractivity contribution in [3.05, 3.63) is 71.8 Å². The number of carbonyl (C=O) groups excluding carboxylic acids is 1. The first-order valence-corrected chi connectivity index (χ1v) is 10.3. The maximum absolute atomic E-state index is 12.5. The van der Waals surface area contributed by atoms with Crippen molar-refractivity contribution in [2.75, 3.05) is 32.4 Å². The van der Waals surface area contributed by atoms with Gasteiger partial charge in [0.05, 0.1) is 0 Å². The lowest BCUT2D eigenvalue weighted by Crippen LogP contribution is -2.34. The molecule has 4 heteroatoms. The molecule has 1 heterocycles. The predicted molar refractivity (Wildman–Crippen MR) is 110 cm³/mol. The Bertz CT molecular complexity index is 728. The maximum atomic E-state index is 12.5. The summed E-state index contributed by atoms with van der Waals surface area (Å²) in [4.78, 5) is 18.2. The van der Waals surface area contributed by atoms with E-state index in [-0.39, 0.29) is 5.91 Å². The third kappa shape index (κ3) is 5.48. The Morgan fingerprint density at radius 1 is 1.00 bits per heavy atom. The topological polar surface area (TPSA) is 23.6 Å². The summed E-state index contributed by atoms with van der Waals surface area (Å²) in [5.74, 6) is 0.112. The van der Waals surface area contributed by atoms with Crippen LogP contribution in [-0.2, 0) is 11.3 Å². The molecule has 0 aliphatic carbocycles. The first kappa shape index (κ1) is 18.7. The van der Waals surface area contributed by atoms with Crippen molar-refractivity contribution in [1.29, 1.82) is 0 Å². The maximum Gasteiger partial charge on any atom is 0.246 e. The molecule has 2 aromatic carbocycles. The zero-order valence-electron chi connectivity index (χ0n) is 15.3. The summed E-state index contributed by atoms with van der Waals surface area (Å²) in [6, 6.07) is 18.8. The van der Waals surface area contributed by atoms with Crippen molar-refractivity contribution in [3.8, 4) is 0 Å². The van der Waals surface area contributed by atoms with Crippen molar-refractivity contribution in [3.63, 3.8) is 0 Å². The molecule has 3 rings (SSSR count). The van der Waals surface area contributed by atoms with E-state index in [1.165, 1.54) is 10.5 Å². The summed E-state index contributed by atoms with van der Waals surface area (Å²) < 4.78 is 0. The largest absolute Gasteiger partial charge is 0.338 e. The van der Waals surface area contributed by atoms with E-state index in [1.807, 2.05) is 17.0 Å². The third-order valence-corrected chi connectivity index (χ3v) is 5.43. The highest BCUT2D eigenvalue weighted by Crippen LogP contribution is 2.16. The van der Waals surface area contributed by atoms with Crippen LogP contribution >= 0.6 is 11.8 Å². The van der Waals surface area contributed by atoms with E-state index in [4.69, 9.17) is 0 Å². The fourth-order valence-corrected chi connectivity index (χ4v) is 3.59. The number of hydrogen-bond acceptors (Lipinski definition) is 3. The van der Waals surface area contributed by atoms with Crippen LogP contribution in [-0.4, -0.2) is 48.1 Å². The van der Waals surface area contributed by atoms with E-state index < -0.39 is 0 Å². The molecule has 1 amide bonds. The normalized spacial score (nSPS) is 16.0. The third-order valence-electron chi connectivity index (χ3n) is 4.68. The number of thioether (sulfide) groups is 1. The molecule has 136 valence electrons. The highest BCUT2D eigenvalue weighted by molar-refractivity contribution is 7.98. The first-order chi connectivity index (χ1) is 12.7. The second kappa shape index (κ2) is 9.60. The fourth-order valence-electron chi connectivity index (χ4n) is 3.18. The van der Waals surface area contributed by atoms with Crippen molar-refractivity contribution in [2.24, 2.45) is 0 Å². The van der Waals surface area contributed by atoms with Gasteiger partial charge in [0, 0.05) is 43.7 Å². The van der Waals surface area contributed by atoms with Gasteiger partial charge in [-0.25, -0.2) is 0 Å². The lowest BCUT2D eigenvalue weighted by molar-refractivity contribution is -0.125. The summed E-state index contributed by atoms with van der Waals surface area (Å²) >= 11 is 1.72. The van der Waals surface area contributed by atoms with Gasteiger partial charge in [0.1, 0.15) is 0 Å². The van der Waals surface area contributed by atoms with E-state index >= 15 is 0 Å². The average molecular weight is 367 g/mol. The molecule has 1 aliphatic rings. The Labute approximate surface area is 160 Å². The molecule has 0 unspecified atom stereocenters. The summed E-state index contributed by atoms with van der Waals surface area (Å²) in [5, 5.41) is 0. The minimum absolute atomic E-state index is 0.112. The smallest absolute Gasteiger partial charge is 0.246 e. The van der Waals surface area contributed by atoms with Gasteiger partial charge in [-0.05, 0) is 42.0 Å². The summed E-state index contributed by atoms with van der Waals surface area (Å²) in [5.41, 5.74) is 2.40. The van der Waals surface area contributed by atoms with Gasteiger partial charge in [0.25, 0.3) is 0 Å². The van der Waals surface area contributed by atoms with Crippen LogP contribution in [0, 0.1) is 0 Å². The van der Waals surface area contributed by atoms with Crippen LogP contribution in [0.3, 0.4) is 0 Å². The summed E-state index contributed by atoms with van der Waals surface area (Å²) in [7, 11) is 0. The molecule has 1 saturated heterocycles. The van der Waals surface area contributed by atoms with Gasteiger partial charge in [-0.3, -0.25) is 9.69 Å². The van der Waals surface area contributed by atoms with Gasteiger partial charge < -0.3 is 4.90 Å². The Morgan fingerprint density at radius 2 is 1.77 bits per heavy atom. The lowest BCUT2D eigenvalue weighted by Gasteiger charge is -2.21. The van der Waals surface area contributed by atoms with Crippen molar-refractivity contribution >= 4 is 23.7 Å². The molecule has 1 fully saturated rings. The van der Waals surface area contributed by atoms with Crippen molar-refractivity contribution < 1.29 is 4.79 Å². The Balaban J connectivity index is 1.52. The van der Waals surface area contributed by atoms with E-state index in [9.17, 15) is 4.79 Å². The zero-order valence-corrected chi connectivity index (χ0v) is 16.1.